The Labute approximate surface area is 108 Å². The van der Waals surface area contributed by atoms with E-state index >= 15 is 0 Å². The molecule has 0 saturated carbocycles. The van der Waals surface area contributed by atoms with Crippen molar-refractivity contribution < 1.29 is 14.6 Å². The monoisotopic (exact) mass is 251 g/mol. The van der Waals surface area contributed by atoms with Gasteiger partial charge in [-0.15, -0.1) is 0 Å². The SMILES string of the molecule is COc1ccc(C(C)O)cc1OC1CCCNC1. The molecule has 100 valence electrons. The first-order valence-corrected chi connectivity index (χ1v) is 6.44. The van der Waals surface area contributed by atoms with Gasteiger partial charge in [0.2, 0.25) is 0 Å². The Hall–Kier alpha value is -1.26. The third-order valence-electron chi connectivity index (χ3n) is 3.22. The fourth-order valence-corrected chi connectivity index (χ4v) is 2.15. The predicted octanol–water partition coefficient (Wildman–Crippen LogP) is 1.88. The summed E-state index contributed by atoms with van der Waals surface area (Å²) in [6.45, 7) is 3.67. The van der Waals surface area contributed by atoms with Crippen molar-refractivity contribution in [1.82, 2.24) is 5.32 Å². The van der Waals surface area contributed by atoms with Crippen LogP contribution in [0.4, 0.5) is 0 Å². The fraction of sp³-hybridized carbons (Fsp3) is 0.571. The zero-order valence-corrected chi connectivity index (χ0v) is 11.0. The van der Waals surface area contributed by atoms with Crippen molar-refractivity contribution in [3.8, 4) is 11.5 Å². The molecular weight excluding hydrogens is 230 g/mol. The topological polar surface area (TPSA) is 50.7 Å². The summed E-state index contributed by atoms with van der Waals surface area (Å²) in [5, 5.41) is 12.9. The van der Waals surface area contributed by atoms with E-state index in [9.17, 15) is 5.11 Å². The van der Waals surface area contributed by atoms with Gasteiger partial charge in [0.15, 0.2) is 11.5 Å². The molecule has 0 bridgehead atoms. The molecule has 1 aromatic rings. The maximum atomic E-state index is 9.61. The minimum absolute atomic E-state index is 0.178. The maximum absolute atomic E-state index is 9.61. The minimum Gasteiger partial charge on any atom is -0.493 e. The molecule has 0 radical (unpaired) electrons. The Morgan fingerprint density at radius 1 is 1.39 bits per heavy atom. The third kappa shape index (κ3) is 3.15. The first kappa shape index (κ1) is 13.2. The van der Waals surface area contributed by atoms with E-state index in [0.717, 1.165) is 31.5 Å². The smallest absolute Gasteiger partial charge is 0.162 e. The zero-order chi connectivity index (χ0) is 13.0. The standard InChI is InChI=1S/C14H21NO3/c1-10(16)11-5-6-13(17-2)14(8-11)18-12-4-3-7-15-9-12/h5-6,8,10,12,15-16H,3-4,7,9H2,1-2H3. The molecule has 1 aromatic carbocycles. The first-order valence-electron chi connectivity index (χ1n) is 6.44. The van der Waals surface area contributed by atoms with Crippen LogP contribution in [0.1, 0.15) is 31.4 Å². The average Bonchev–Trinajstić information content (AvgIpc) is 2.39. The van der Waals surface area contributed by atoms with Crippen LogP contribution in [0.25, 0.3) is 0 Å². The summed E-state index contributed by atoms with van der Waals surface area (Å²) in [6, 6.07) is 5.56. The molecule has 0 aliphatic carbocycles. The number of benzene rings is 1. The summed E-state index contributed by atoms with van der Waals surface area (Å²) in [5.41, 5.74) is 0.842. The maximum Gasteiger partial charge on any atom is 0.162 e. The first-order chi connectivity index (χ1) is 8.70. The lowest BCUT2D eigenvalue weighted by molar-refractivity contribution is 0.159. The molecule has 1 aliphatic rings. The Morgan fingerprint density at radius 2 is 2.22 bits per heavy atom. The number of aliphatic hydroxyl groups excluding tert-OH is 1. The largest absolute Gasteiger partial charge is 0.493 e. The van der Waals surface area contributed by atoms with E-state index < -0.39 is 6.10 Å². The molecule has 2 rings (SSSR count). The molecule has 0 aromatic heterocycles. The van der Waals surface area contributed by atoms with Crippen LogP contribution < -0.4 is 14.8 Å². The number of aliphatic hydroxyl groups is 1. The van der Waals surface area contributed by atoms with E-state index in [1.807, 2.05) is 18.2 Å². The molecule has 0 amide bonds. The van der Waals surface area contributed by atoms with E-state index in [0.29, 0.717) is 11.5 Å². The number of hydrogen-bond donors (Lipinski definition) is 2. The van der Waals surface area contributed by atoms with Crippen LogP contribution in [0, 0.1) is 0 Å². The van der Waals surface area contributed by atoms with Crippen LogP contribution in [0.5, 0.6) is 11.5 Å². The molecule has 4 heteroatoms. The number of methoxy groups -OCH3 is 1. The van der Waals surface area contributed by atoms with Gasteiger partial charge < -0.3 is 19.9 Å². The van der Waals surface area contributed by atoms with Crippen LogP contribution in [0.2, 0.25) is 0 Å². The Balaban J connectivity index is 2.15. The average molecular weight is 251 g/mol. The van der Waals surface area contributed by atoms with Gasteiger partial charge in [-0.2, -0.15) is 0 Å². The second-order valence-electron chi connectivity index (χ2n) is 4.67. The molecule has 4 nitrogen and oxygen atoms in total. The van der Waals surface area contributed by atoms with Crippen LogP contribution >= 0.6 is 0 Å². The molecule has 0 spiro atoms. The van der Waals surface area contributed by atoms with Gasteiger partial charge in [-0.25, -0.2) is 0 Å². The lowest BCUT2D eigenvalue weighted by Crippen LogP contribution is -2.37. The van der Waals surface area contributed by atoms with Crippen LogP contribution in [-0.2, 0) is 0 Å². The van der Waals surface area contributed by atoms with Gasteiger partial charge in [-0.3, -0.25) is 0 Å². The fourth-order valence-electron chi connectivity index (χ4n) is 2.15. The van der Waals surface area contributed by atoms with Gasteiger partial charge in [-0.1, -0.05) is 6.07 Å². The van der Waals surface area contributed by atoms with Crippen molar-refractivity contribution >= 4 is 0 Å². The quantitative estimate of drug-likeness (QED) is 0.858. The molecule has 1 fully saturated rings. The van der Waals surface area contributed by atoms with Gasteiger partial charge in [0.05, 0.1) is 13.2 Å². The summed E-state index contributed by atoms with van der Waals surface area (Å²) < 4.78 is 11.3. The highest BCUT2D eigenvalue weighted by atomic mass is 16.5. The summed E-state index contributed by atoms with van der Waals surface area (Å²) in [6.07, 6.45) is 1.86. The van der Waals surface area contributed by atoms with Crippen LogP contribution in [0.3, 0.4) is 0 Å². The van der Waals surface area contributed by atoms with E-state index in [1.54, 1.807) is 14.0 Å². The normalized spacial score (nSPS) is 21.4. The Kier molecular flexibility index (Phi) is 4.44. The number of piperidine rings is 1. The second-order valence-corrected chi connectivity index (χ2v) is 4.67. The van der Waals surface area contributed by atoms with Gasteiger partial charge >= 0.3 is 0 Å². The van der Waals surface area contributed by atoms with E-state index in [1.165, 1.54) is 0 Å². The number of rotatable bonds is 4. The number of ether oxygens (including phenoxy) is 2. The third-order valence-corrected chi connectivity index (χ3v) is 3.22. The molecule has 2 N–H and O–H groups in total. The van der Waals surface area contributed by atoms with Crippen LogP contribution in [0.15, 0.2) is 18.2 Å². The number of hydrogen-bond acceptors (Lipinski definition) is 4. The zero-order valence-electron chi connectivity index (χ0n) is 11.0. The van der Waals surface area contributed by atoms with Gasteiger partial charge in [0.25, 0.3) is 0 Å². The molecule has 1 saturated heterocycles. The van der Waals surface area contributed by atoms with Gasteiger partial charge in [-0.05, 0) is 44.0 Å². The molecule has 2 atom stereocenters. The Bertz CT molecular complexity index is 387. The summed E-state index contributed by atoms with van der Waals surface area (Å²) >= 11 is 0. The van der Waals surface area contributed by atoms with Crippen molar-refractivity contribution in [2.24, 2.45) is 0 Å². The molecule has 18 heavy (non-hydrogen) atoms. The van der Waals surface area contributed by atoms with Gasteiger partial charge in [0.1, 0.15) is 6.10 Å². The summed E-state index contributed by atoms with van der Waals surface area (Å²) in [5.74, 6) is 1.43. The summed E-state index contributed by atoms with van der Waals surface area (Å²) in [7, 11) is 1.63. The minimum atomic E-state index is -0.497. The highest BCUT2D eigenvalue weighted by molar-refractivity contribution is 5.43. The highest BCUT2D eigenvalue weighted by Gasteiger charge is 2.17. The lowest BCUT2D eigenvalue weighted by Gasteiger charge is -2.25. The highest BCUT2D eigenvalue weighted by Crippen LogP contribution is 2.31. The summed E-state index contributed by atoms with van der Waals surface area (Å²) in [4.78, 5) is 0. The van der Waals surface area contributed by atoms with Gasteiger partial charge in [0, 0.05) is 6.54 Å². The van der Waals surface area contributed by atoms with Crippen molar-refractivity contribution in [2.45, 2.75) is 32.0 Å². The van der Waals surface area contributed by atoms with E-state index in [-0.39, 0.29) is 6.10 Å². The Morgan fingerprint density at radius 3 is 2.83 bits per heavy atom. The second kappa shape index (κ2) is 6.07. The number of nitrogens with one attached hydrogen (secondary N) is 1. The van der Waals surface area contributed by atoms with Crippen molar-refractivity contribution in [1.29, 1.82) is 0 Å². The van der Waals surface area contributed by atoms with Crippen molar-refractivity contribution in [3.05, 3.63) is 23.8 Å². The van der Waals surface area contributed by atoms with E-state index in [2.05, 4.69) is 5.32 Å². The molecule has 1 aliphatic heterocycles. The van der Waals surface area contributed by atoms with Crippen LogP contribution in [-0.4, -0.2) is 31.4 Å². The molecular formula is C14H21NO3. The van der Waals surface area contributed by atoms with Crippen molar-refractivity contribution in [2.75, 3.05) is 20.2 Å². The molecule has 2 unspecified atom stereocenters. The molecule has 1 heterocycles. The van der Waals surface area contributed by atoms with Crippen molar-refractivity contribution in [3.63, 3.8) is 0 Å². The van der Waals surface area contributed by atoms with E-state index in [4.69, 9.17) is 9.47 Å². The predicted molar refractivity (Wildman–Crippen MR) is 70.1 cm³/mol. The lowest BCUT2D eigenvalue weighted by atomic mass is 10.1.